The molecule has 3 N–H and O–H groups in total. The molecule has 0 atom stereocenters. The normalized spacial score (nSPS) is 10.4. The fraction of sp³-hybridized carbons (Fsp3) is 0.267. The van der Waals surface area contributed by atoms with Crippen molar-refractivity contribution in [2.24, 2.45) is 5.73 Å². The number of nitrogens with two attached hydrogens (primary N) is 1. The van der Waals surface area contributed by atoms with E-state index < -0.39 is 5.91 Å². The molecule has 1 heterocycles. The smallest absolute Gasteiger partial charge is 0.224 e. The van der Waals surface area contributed by atoms with Crippen LogP contribution in [0.1, 0.15) is 24.2 Å². The maximum atomic E-state index is 11.6. The maximum Gasteiger partial charge on any atom is 0.224 e. The fourth-order valence-corrected chi connectivity index (χ4v) is 1.92. The van der Waals surface area contributed by atoms with Crippen molar-refractivity contribution in [2.75, 3.05) is 5.32 Å². The van der Waals surface area contributed by atoms with Gasteiger partial charge in [-0.1, -0.05) is 0 Å². The van der Waals surface area contributed by atoms with Crippen LogP contribution in [0.25, 0.3) is 5.69 Å². The molecule has 0 fully saturated rings. The van der Waals surface area contributed by atoms with Gasteiger partial charge in [0.1, 0.15) is 0 Å². The van der Waals surface area contributed by atoms with Gasteiger partial charge >= 0.3 is 0 Å². The highest BCUT2D eigenvalue weighted by Gasteiger charge is 2.06. The molecule has 0 saturated carbocycles. The molecule has 0 radical (unpaired) electrons. The SMILES string of the molecule is Cc1ncn(-c2ccc(NC(=O)CCC(N)=O)cc2)c1C. The predicted molar refractivity (Wildman–Crippen MR) is 80.1 cm³/mol. The fourth-order valence-electron chi connectivity index (χ4n) is 1.92. The first-order valence-electron chi connectivity index (χ1n) is 6.66. The van der Waals surface area contributed by atoms with Crippen molar-refractivity contribution in [2.45, 2.75) is 26.7 Å². The zero-order valence-electron chi connectivity index (χ0n) is 12.1. The first-order valence-corrected chi connectivity index (χ1v) is 6.66. The van der Waals surface area contributed by atoms with Gasteiger partial charge in [-0.25, -0.2) is 4.98 Å². The lowest BCUT2D eigenvalue weighted by Gasteiger charge is -2.08. The van der Waals surface area contributed by atoms with Gasteiger partial charge < -0.3 is 15.6 Å². The molecule has 0 bridgehead atoms. The van der Waals surface area contributed by atoms with Crippen LogP contribution < -0.4 is 11.1 Å². The van der Waals surface area contributed by atoms with Gasteiger partial charge in [-0.3, -0.25) is 9.59 Å². The minimum atomic E-state index is -0.480. The average molecular weight is 286 g/mol. The van der Waals surface area contributed by atoms with Crippen LogP contribution in [-0.4, -0.2) is 21.4 Å². The third-order valence-corrected chi connectivity index (χ3v) is 3.28. The first kappa shape index (κ1) is 14.8. The van der Waals surface area contributed by atoms with Crippen molar-refractivity contribution < 1.29 is 9.59 Å². The Morgan fingerprint density at radius 2 is 1.86 bits per heavy atom. The molecule has 0 aliphatic carbocycles. The molecular formula is C15H18N4O2. The van der Waals surface area contributed by atoms with Crippen molar-refractivity contribution >= 4 is 17.5 Å². The van der Waals surface area contributed by atoms with Gasteiger partial charge in [0, 0.05) is 29.9 Å². The number of imidazole rings is 1. The van der Waals surface area contributed by atoms with Crippen LogP contribution in [0.5, 0.6) is 0 Å². The first-order chi connectivity index (χ1) is 9.97. The van der Waals surface area contributed by atoms with E-state index >= 15 is 0 Å². The molecule has 0 unspecified atom stereocenters. The Balaban J connectivity index is 2.04. The Kier molecular flexibility index (Phi) is 4.37. The van der Waals surface area contributed by atoms with Crippen molar-refractivity contribution in [3.05, 3.63) is 42.0 Å². The quantitative estimate of drug-likeness (QED) is 0.876. The van der Waals surface area contributed by atoms with Crippen molar-refractivity contribution in [1.29, 1.82) is 0 Å². The summed E-state index contributed by atoms with van der Waals surface area (Å²) in [7, 11) is 0. The van der Waals surface area contributed by atoms with E-state index in [1.165, 1.54) is 0 Å². The summed E-state index contributed by atoms with van der Waals surface area (Å²) in [6.45, 7) is 3.96. The molecule has 0 saturated heterocycles. The highest BCUT2D eigenvalue weighted by molar-refractivity contribution is 5.93. The molecule has 110 valence electrons. The molecule has 1 aromatic carbocycles. The lowest BCUT2D eigenvalue weighted by atomic mass is 10.2. The Morgan fingerprint density at radius 1 is 1.19 bits per heavy atom. The number of primary amides is 1. The minimum absolute atomic E-state index is 0.0530. The summed E-state index contributed by atoms with van der Waals surface area (Å²) in [4.78, 5) is 26.5. The summed E-state index contributed by atoms with van der Waals surface area (Å²) in [5.74, 6) is -0.706. The molecule has 2 aromatic rings. The van der Waals surface area contributed by atoms with Crippen LogP contribution in [0.15, 0.2) is 30.6 Å². The summed E-state index contributed by atoms with van der Waals surface area (Å²) >= 11 is 0. The lowest BCUT2D eigenvalue weighted by Crippen LogP contribution is -2.17. The largest absolute Gasteiger partial charge is 0.370 e. The van der Waals surface area contributed by atoms with E-state index in [9.17, 15) is 9.59 Å². The third-order valence-electron chi connectivity index (χ3n) is 3.28. The van der Waals surface area contributed by atoms with E-state index in [1.807, 2.05) is 42.7 Å². The highest BCUT2D eigenvalue weighted by atomic mass is 16.2. The summed E-state index contributed by atoms with van der Waals surface area (Å²) in [6.07, 6.45) is 1.92. The van der Waals surface area contributed by atoms with Crippen LogP contribution in [-0.2, 0) is 9.59 Å². The van der Waals surface area contributed by atoms with Gasteiger partial charge in [-0.2, -0.15) is 0 Å². The van der Waals surface area contributed by atoms with Crippen molar-refractivity contribution in [1.82, 2.24) is 9.55 Å². The highest BCUT2D eigenvalue weighted by Crippen LogP contribution is 2.16. The Morgan fingerprint density at radius 3 is 2.38 bits per heavy atom. The number of carbonyl (C=O) groups is 2. The van der Waals surface area contributed by atoms with E-state index in [0.29, 0.717) is 5.69 Å². The summed E-state index contributed by atoms with van der Waals surface area (Å²) in [5.41, 5.74) is 8.73. The Bertz CT molecular complexity index is 659. The number of nitrogens with zero attached hydrogens (tertiary/aromatic N) is 2. The molecule has 1 aromatic heterocycles. The number of rotatable bonds is 5. The molecule has 0 aliphatic rings. The summed E-state index contributed by atoms with van der Waals surface area (Å²) < 4.78 is 1.98. The number of amides is 2. The second-order valence-electron chi connectivity index (χ2n) is 4.85. The van der Waals surface area contributed by atoms with Crippen molar-refractivity contribution in [3.63, 3.8) is 0 Å². The zero-order chi connectivity index (χ0) is 15.4. The van der Waals surface area contributed by atoms with Crippen molar-refractivity contribution in [3.8, 4) is 5.69 Å². The third kappa shape index (κ3) is 3.68. The number of benzene rings is 1. The average Bonchev–Trinajstić information content (AvgIpc) is 2.78. The van der Waals surface area contributed by atoms with Gasteiger partial charge in [0.15, 0.2) is 0 Å². The summed E-state index contributed by atoms with van der Waals surface area (Å²) in [6, 6.07) is 7.42. The van der Waals surface area contributed by atoms with Gasteiger partial charge in [0.2, 0.25) is 11.8 Å². The molecule has 0 spiro atoms. The predicted octanol–water partition coefficient (Wildman–Crippen LogP) is 1.69. The van der Waals surface area contributed by atoms with Gasteiger partial charge in [-0.05, 0) is 38.1 Å². The minimum Gasteiger partial charge on any atom is -0.370 e. The molecule has 6 heteroatoms. The molecule has 6 nitrogen and oxygen atoms in total. The number of aromatic nitrogens is 2. The molecule has 21 heavy (non-hydrogen) atoms. The standard InChI is InChI=1S/C15H18N4O2/c1-10-11(2)19(9-17-10)13-5-3-12(4-6-13)18-15(21)8-7-14(16)20/h3-6,9H,7-8H2,1-2H3,(H2,16,20)(H,18,21). The van der Waals surface area contributed by atoms with Crippen LogP contribution in [0, 0.1) is 13.8 Å². The van der Waals surface area contributed by atoms with Gasteiger partial charge in [0.05, 0.1) is 12.0 Å². The molecular weight excluding hydrogens is 268 g/mol. The van der Waals surface area contributed by atoms with E-state index in [-0.39, 0.29) is 18.7 Å². The second kappa shape index (κ2) is 6.21. The number of carbonyl (C=O) groups excluding carboxylic acids is 2. The molecule has 0 aliphatic heterocycles. The summed E-state index contributed by atoms with van der Waals surface area (Å²) in [5, 5.41) is 2.72. The van der Waals surface area contributed by atoms with Gasteiger partial charge in [-0.15, -0.1) is 0 Å². The van der Waals surface area contributed by atoms with Gasteiger partial charge in [0.25, 0.3) is 0 Å². The maximum absolute atomic E-state index is 11.6. The number of anilines is 1. The zero-order valence-corrected chi connectivity index (χ0v) is 12.1. The second-order valence-corrected chi connectivity index (χ2v) is 4.85. The van der Waals surface area contributed by atoms with Crippen LogP contribution in [0.2, 0.25) is 0 Å². The molecule has 2 amide bonds. The van der Waals surface area contributed by atoms with Crippen LogP contribution in [0.4, 0.5) is 5.69 Å². The van der Waals surface area contributed by atoms with E-state index in [2.05, 4.69) is 10.3 Å². The monoisotopic (exact) mass is 286 g/mol. The van der Waals surface area contributed by atoms with E-state index in [1.54, 1.807) is 6.33 Å². The topological polar surface area (TPSA) is 90.0 Å². The number of hydrogen-bond acceptors (Lipinski definition) is 3. The number of nitrogens with one attached hydrogen (secondary N) is 1. The van der Waals surface area contributed by atoms with E-state index in [4.69, 9.17) is 5.73 Å². The van der Waals surface area contributed by atoms with E-state index in [0.717, 1.165) is 17.1 Å². The van der Waals surface area contributed by atoms with Crippen LogP contribution in [0.3, 0.4) is 0 Å². The number of aryl methyl sites for hydroxylation is 1. The Labute approximate surface area is 123 Å². The molecule has 2 rings (SSSR count). The lowest BCUT2D eigenvalue weighted by molar-refractivity contribution is -0.122. The number of hydrogen-bond donors (Lipinski definition) is 2. The van der Waals surface area contributed by atoms with Crippen LogP contribution >= 0.6 is 0 Å². The Hall–Kier alpha value is -2.63.